The first-order chi connectivity index (χ1) is 14.6. The molecule has 0 bridgehead atoms. The number of rotatable bonds is 0. The van der Waals surface area contributed by atoms with Crippen molar-refractivity contribution >= 4 is 27.5 Å². The fourth-order valence-electron chi connectivity index (χ4n) is 4.29. The zero-order valence-corrected chi connectivity index (χ0v) is 17.5. The predicted octanol–water partition coefficient (Wildman–Crippen LogP) is 6.90. The van der Waals surface area contributed by atoms with E-state index >= 15 is 0 Å². The van der Waals surface area contributed by atoms with Crippen LogP contribution in [0.3, 0.4) is 0 Å². The Morgan fingerprint density at radius 1 is 0.867 bits per heavy atom. The second-order valence-electron chi connectivity index (χ2n) is 8.04. The summed E-state index contributed by atoms with van der Waals surface area (Å²) in [5.74, 6) is 6.55. The van der Waals surface area contributed by atoms with Crippen LogP contribution in [-0.4, -0.2) is 4.98 Å². The molecule has 2 aliphatic rings. The smallest absolute Gasteiger partial charge is 0.0875 e. The lowest BCUT2D eigenvalue weighted by Crippen LogP contribution is -1.96. The van der Waals surface area contributed by atoms with Gasteiger partial charge in [0, 0.05) is 33.2 Å². The van der Waals surface area contributed by atoms with Crippen molar-refractivity contribution in [3.8, 4) is 11.8 Å². The van der Waals surface area contributed by atoms with E-state index in [0.717, 1.165) is 0 Å². The van der Waals surface area contributed by atoms with Crippen molar-refractivity contribution < 1.29 is 0 Å². The zero-order valence-electron chi connectivity index (χ0n) is 17.5. The highest BCUT2D eigenvalue weighted by Gasteiger charge is 2.26. The fraction of sp³-hybridized carbons (Fsp3) is 0.143. The molecule has 6 rings (SSSR count). The van der Waals surface area contributed by atoms with Crippen LogP contribution in [0.5, 0.6) is 0 Å². The Morgan fingerprint density at radius 3 is 2.60 bits per heavy atom. The molecule has 2 heteroatoms. The van der Waals surface area contributed by atoms with Gasteiger partial charge in [-0.3, -0.25) is 0 Å². The van der Waals surface area contributed by atoms with Crippen molar-refractivity contribution in [2.75, 3.05) is 5.32 Å². The number of hydrogen-bond donors (Lipinski definition) is 2. The molecular formula is C28H24N2. The Bertz CT molecular complexity index is 1400. The SMILES string of the molecule is Cc1ccc2[nH]c3c(C)cccc3c2c1.Cc1cccc2c1NC1=CC=CC#CC12. The van der Waals surface area contributed by atoms with Crippen LogP contribution in [0.4, 0.5) is 5.69 Å². The van der Waals surface area contributed by atoms with Crippen LogP contribution in [0.2, 0.25) is 0 Å². The molecule has 2 nitrogen and oxygen atoms in total. The molecule has 0 amide bonds. The first kappa shape index (κ1) is 18.3. The first-order valence-electron chi connectivity index (χ1n) is 10.3. The summed E-state index contributed by atoms with van der Waals surface area (Å²) in [6.07, 6.45) is 5.98. The van der Waals surface area contributed by atoms with E-state index < -0.39 is 0 Å². The van der Waals surface area contributed by atoms with Gasteiger partial charge in [0.05, 0.1) is 5.92 Å². The third-order valence-corrected chi connectivity index (χ3v) is 5.88. The van der Waals surface area contributed by atoms with Crippen LogP contribution in [-0.2, 0) is 0 Å². The number of allylic oxidation sites excluding steroid dienone is 4. The topological polar surface area (TPSA) is 27.8 Å². The lowest BCUT2D eigenvalue weighted by atomic mass is 9.98. The van der Waals surface area contributed by atoms with Crippen molar-refractivity contribution in [2.45, 2.75) is 26.7 Å². The number of para-hydroxylation sites is 2. The summed E-state index contributed by atoms with van der Waals surface area (Å²) in [7, 11) is 0. The largest absolute Gasteiger partial charge is 0.357 e. The van der Waals surface area contributed by atoms with Crippen molar-refractivity contribution in [1.29, 1.82) is 0 Å². The third-order valence-electron chi connectivity index (χ3n) is 5.88. The Hall–Kier alpha value is -3.70. The van der Waals surface area contributed by atoms with Crippen LogP contribution in [0.15, 0.2) is 78.5 Å². The molecule has 30 heavy (non-hydrogen) atoms. The molecule has 1 atom stereocenters. The maximum atomic E-state index is 3.47. The summed E-state index contributed by atoms with van der Waals surface area (Å²) in [6, 6.07) is 19.4. The van der Waals surface area contributed by atoms with Gasteiger partial charge in [-0.25, -0.2) is 0 Å². The van der Waals surface area contributed by atoms with Gasteiger partial charge < -0.3 is 10.3 Å². The average Bonchev–Trinajstić information content (AvgIpc) is 3.20. The first-order valence-corrected chi connectivity index (χ1v) is 10.3. The Morgan fingerprint density at radius 2 is 1.70 bits per heavy atom. The van der Waals surface area contributed by atoms with E-state index in [-0.39, 0.29) is 5.92 Å². The molecule has 0 saturated heterocycles. The quantitative estimate of drug-likeness (QED) is 0.315. The van der Waals surface area contributed by atoms with Gasteiger partial charge in [0.1, 0.15) is 0 Å². The normalized spacial score (nSPS) is 15.8. The van der Waals surface area contributed by atoms with E-state index in [4.69, 9.17) is 0 Å². The number of nitrogens with one attached hydrogen (secondary N) is 2. The van der Waals surface area contributed by atoms with Gasteiger partial charge in [-0.05, 0) is 61.7 Å². The van der Waals surface area contributed by atoms with Gasteiger partial charge in [-0.2, -0.15) is 0 Å². The molecule has 0 saturated carbocycles. The summed E-state index contributed by atoms with van der Waals surface area (Å²) >= 11 is 0. The Kier molecular flexibility index (Phi) is 4.45. The minimum Gasteiger partial charge on any atom is -0.357 e. The lowest BCUT2D eigenvalue weighted by Gasteiger charge is -2.02. The number of aryl methyl sites for hydroxylation is 3. The highest BCUT2D eigenvalue weighted by Crippen LogP contribution is 2.40. The molecule has 0 fully saturated rings. The van der Waals surface area contributed by atoms with Crippen LogP contribution in [0, 0.1) is 32.6 Å². The predicted molar refractivity (Wildman–Crippen MR) is 128 cm³/mol. The minimum absolute atomic E-state index is 0.231. The summed E-state index contributed by atoms with van der Waals surface area (Å²) in [5.41, 5.74) is 10.1. The second kappa shape index (κ2) is 7.28. The fourth-order valence-corrected chi connectivity index (χ4v) is 4.29. The van der Waals surface area contributed by atoms with Gasteiger partial charge in [0.25, 0.3) is 0 Å². The van der Waals surface area contributed by atoms with Crippen molar-refractivity contribution in [3.63, 3.8) is 0 Å². The van der Waals surface area contributed by atoms with Gasteiger partial charge in [0.15, 0.2) is 0 Å². The molecule has 4 aromatic rings. The highest BCUT2D eigenvalue weighted by atomic mass is 14.9. The van der Waals surface area contributed by atoms with Crippen molar-refractivity contribution in [2.24, 2.45) is 0 Å². The Labute approximate surface area is 177 Å². The zero-order chi connectivity index (χ0) is 20.7. The van der Waals surface area contributed by atoms with Crippen LogP contribution in [0.1, 0.15) is 28.2 Å². The van der Waals surface area contributed by atoms with Gasteiger partial charge in [-0.15, -0.1) is 0 Å². The van der Waals surface area contributed by atoms with Gasteiger partial charge in [-0.1, -0.05) is 65.9 Å². The molecule has 1 aliphatic carbocycles. The van der Waals surface area contributed by atoms with E-state index in [2.05, 4.69) is 104 Å². The van der Waals surface area contributed by atoms with E-state index in [1.165, 1.54) is 55.4 Å². The molecule has 1 aromatic heterocycles. The summed E-state index contributed by atoms with van der Waals surface area (Å²) in [5, 5.41) is 6.11. The summed E-state index contributed by atoms with van der Waals surface area (Å²) in [6.45, 7) is 6.40. The summed E-state index contributed by atoms with van der Waals surface area (Å²) in [4.78, 5) is 3.47. The van der Waals surface area contributed by atoms with Crippen molar-refractivity contribution in [3.05, 3.63) is 101 Å². The highest BCUT2D eigenvalue weighted by molar-refractivity contribution is 6.08. The number of H-pyrrole nitrogens is 1. The monoisotopic (exact) mass is 388 g/mol. The van der Waals surface area contributed by atoms with Crippen LogP contribution < -0.4 is 5.32 Å². The molecule has 0 radical (unpaired) electrons. The maximum Gasteiger partial charge on any atom is 0.0875 e. The average molecular weight is 389 g/mol. The van der Waals surface area contributed by atoms with Crippen LogP contribution >= 0.6 is 0 Å². The Balaban J connectivity index is 0.000000128. The number of anilines is 1. The number of aromatic nitrogens is 1. The maximum absolute atomic E-state index is 3.47. The number of fused-ring (bicyclic) bond motifs is 6. The summed E-state index contributed by atoms with van der Waals surface area (Å²) < 4.78 is 0. The molecule has 2 heterocycles. The molecule has 1 aliphatic heterocycles. The molecule has 1 unspecified atom stereocenters. The van der Waals surface area contributed by atoms with E-state index in [0.29, 0.717) is 0 Å². The van der Waals surface area contributed by atoms with E-state index in [1.54, 1.807) is 0 Å². The molecule has 146 valence electrons. The van der Waals surface area contributed by atoms with Gasteiger partial charge >= 0.3 is 0 Å². The van der Waals surface area contributed by atoms with E-state index in [9.17, 15) is 0 Å². The standard InChI is InChI=1S/C14H13N.C14H11N/c1-9-6-7-13-12(8-9)11-5-3-4-10(2)14(11)15-13;1-10-6-5-8-12-11-7-3-2-4-9-13(11)15-14(10)12/h3-8,15H,1-2H3;2,4-6,8-9,11,15H,1H3. The number of hydrogen-bond acceptors (Lipinski definition) is 1. The lowest BCUT2D eigenvalue weighted by molar-refractivity contribution is 1.10. The van der Waals surface area contributed by atoms with Gasteiger partial charge in [0.2, 0.25) is 0 Å². The number of benzene rings is 3. The van der Waals surface area contributed by atoms with Crippen molar-refractivity contribution in [1.82, 2.24) is 4.98 Å². The molecule has 0 spiro atoms. The molecule has 3 aromatic carbocycles. The third kappa shape index (κ3) is 3.09. The number of aromatic amines is 1. The molecular weight excluding hydrogens is 364 g/mol. The van der Waals surface area contributed by atoms with E-state index in [1.807, 2.05) is 12.2 Å². The molecule has 2 N–H and O–H groups in total. The minimum atomic E-state index is 0.231. The van der Waals surface area contributed by atoms with Crippen LogP contribution in [0.25, 0.3) is 21.8 Å². The second-order valence-corrected chi connectivity index (χ2v) is 8.04.